The van der Waals surface area contributed by atoms with Gasteiger partial charge in [0, 0.05) is 37.3 Å². The minimum Gasteiger partial charge on any atom is -0.431 e. The lowest BCUT2D eigenvalue weighted by atomic mass is 9.61. The monoisotopic (exact) mass is 289 g/mol. The van der Waals surface area contributed by atoms with Crippen molar-refractivity contribution in [3.8, 4) is 0 Å². The molecule has 0 radical (unpaired) electrons. The van der Waals surface area contributed by atoms with Gasteiger partial charge in [-0.25, -0.2) is 0 Å². The molecule has 2 heterocycles. The molecule has 4 atom stereocenters. The molecule has 4 nitrogen and oxygen atoms in total. The zero-order chi connectivity index (χ0) is 14.8. The summed E-state index contributed by atoms with van der Waals surface area (Å²) in [5, 5.41) is 0. The first-order valence-electron chi connectivity index (χ1n) is 8.23. The Bertz CT molecular complexity index is 552. The molecule has 0 aromatic rings. The Morgan fingerprint density at radius 3 is 2.95 bits per heavy atom. The van der Waals surface area contributed by atoms with Gasteiger partial charge in [0.05, 0.1) is 0 Å². The summed E-state index contributed by atoms with van der Waals surface area (Å²) in [6.07, 6.45) is 6.12. The van der Waals surface area contributed by atoms with E-state index >= 15 is 0 Å². The van der Waals surface area contributed by atoms with Gasteiger partial charge in [-0.15, -0.1) is 0 Å². The van der Waals surface area contributed by atoms with Gasteiger partial charge in [-0.3, -0.25) is 9.59 Å². The lowest BCUT2D eigenvalue weighted by Crippen LogP contribution is -2.52. The first-order valence-corrected chi connectivity index (χ1v) is 8.23. The summed E-state index contributed by atoms with van der Waals surface area (Å²) >= 11 is 0. The van der Waals surface area contributed by atoms with Crippen molar-refractivity contribution in [3.63, 3.8) is 0 Å². The highest BCUT2D eigenvalue weighted by atomic mass is 16.5. The minimum absolute atomic E-state index is 0.0356. The second kappa shape index (κ2) is 4.34. The summed E-state index contributed by atoms with van der Waals surface area (Å²) in [6, 6.07) is 0.334. The summed E-state index contributed by atoms with van der Waals surface area (Å²) in [7, 11) is 0. The van der Waals surface area contributed by atoms with Crippen LogP contribution < -0.4 is 0 Å². The molecule has 0 spiro atoms. The molecule has 4 rings (SSSR count). The van der Waals surface area contributed by atoms with E-state index < -0.39 is 0 Å². The highest BCUT2D eigenvalue weighted by molar-refractivity contribution is 5.80. The Morgan fingerprint density at radius 1 is 1.38 bits per heavy atom. The van der Waals surface area contributed by atoms with Gasteiger partial charge in [0.15, 0.2) is 0 Å². The average Bonchev–Trinajstić information content (AvgIpc) is 2.61. The molecule has 114 valence electrons. The molecule has 4 heteroatoms. The van der Waals surface area contributed by atoms with E-state index in [4.69, 9.17) is 4.74 Å². The fourth-order valence-electron chi connectivity index (χ4n) is 5.41. The normalized spacial score (nSPS) is 41.1. The Kier molecular flexibility index (Phi) is 2.76. The molecule has 2 aliphatic heterocycles. The van der Waals surface area contributed by atoms with Crippen LogP contribution in [0.25, 0.3) is 0 Å². The van der Waals surface area contributed by atoms with Gasteiger partial charge in [-0.05, 0) is 37.2 Å². The highest BCUT2D eigenvalue weighted by Gasteiger charge is 2.61. The van der Waals surface area contributed by atoms with Crippen LogP contribution in [0.15, 0.2) is 11.3 Å². The average molecular weight is 289 g/mol. The van der Waals surface area contributed by atoms with E-state index in [0.717, 1.165) is 25.1 Å². The van der Waals surface area contributed by atoms with E-state index in [-0.39, 0.29) is 23.2 Å². The van der Waals surface area contributed by atoms with Crippen LogP contribution in [0.5, 0.6) is 0 Å². The van der Waals surface area contributed by atoms with Gasteiger partial charge >= 0.3 is 5.97 Å². The van der Waals surface area contributed by atoms with Crippen molar-refractivity contribution in [1.82, 2.24) is 4.90 Å². The minimum atomic E-state index is -0.242. The molecule has 0 aromatic carbocycles. The van der Waals surface area contributed by atoms with Crippen LogP contribution in [0.2, 0.25) is 0 Å². The molecular weight excluding hydrogens is 266 g/mol. The van der Waals surface area contributed by atoms with E-state index in [2.05, 4.69) is 11.8 Å². The quantitative estimate of drug-likeness (QED) is 0.697. The predicted molar refractivity (Wildman–Crippen MR) is 77.1 cm³/mol. The maximum atomic E-state index is 12.5. The van der Waals surface area contributed by atoms with Crippen molar-refractivity contribution >= 4 is 11.9 Å². The van der Waals surface area contributed by atoms with Crippen molar-refractivity contribution in [1.29, 1.82) is 0 Å². The van der Waals surface area contributed by atoms with Gasteiger partial charge in [-0.2, -0.15) is 0 Å². The van der Waals surface area contributed by atoms with Crippen LogP contribution >= 0.6 is 0 Å². The Hall–Kier alpha value is -1.32. The molecule has 21 heavy (non-hydrogen) atoms. The van der Waals surface area contributed by atoms with Gasteiger partial charge in [0.25, 0.3) is 0 Å². The number of fused-ring (bicyclic) bond motifs is 1. The molecule has 1 saturated carbocycles. The Balaban J connectivity index is 1.90. The number of hydrogen-bond acceptors (Lipinski definition) is 3. The largest absolute Gasteiger partial charge is 0.431 e. The second-order valence-electron chi connectivity index (χ2n) is 7.36. The van der Waals surface area contributed by atoms with Crippen LogP contribution in [0, 0.1) is 17.3 Å². The number of piperidine rings is 1. The summed E-state index contributed by atoms with van der Waals surface area (Å²) in [5.74, 6) is 1.54. The third-order valence-corrected chi connectivity index (χ3v) is 6.38. The maximum absolute atomic E-state index is 12.5. The first-order chi connectivity index (χ1) is 10.0. The maximum Gasteiger partial charge on any atom is 0.307 e. The third kappa shape index (κ3) is 1.68. The Morgan fingerprint density at radius 2 is 2.19 bits per heavy atom. The van der Waals surface area contributed by atoms with Crippen molar-refractivity contribution in [2.45, 2.75) is 58.4 Å². The molecule has 1 amide bonds. The standard InChI is InChI=1S/C17H23NO3/c1-10(19)21-16-11-7-14-17(2)12(5-3-4-6-13(16)17)9-18(14)15(20)8-11/h11-12,14H,3-9H2,1-2H3/t11-,12+,14+,17-/m0/s1. The summed E-state index contributed by atoms with van der Waals surface area (Å²) in [6.45, 7) is 4.70. The lowest BCUT2D eigenvalue weighted by molar-refractivity contribution is -0.144. The number of hydrogen-bond donors (Lipinski definition) is 0. The van der Waals surface area contributed by atoms with Crippen LogP contribution in [-0.2, 0) is 14.3 Å². The fraction of sp³-hybridized carbons (Fsp3) is 0.765. The molecule has 3 fully saturated rings. The van der Waals surface area contributed by atoms with E-state index in [0.29, 0.717) is 18.4 Å². The molecular formula is C17H23NO3. The summed E-state index contributed by atoms with van der Waals surface area (Å²) in [4.78, 5) is 26.2. The number of carbonyl (C=O) groups excluding carboxylic acids is 2. The van der Waals surface area contributed by atoms with E-state index in [1.165, 1.54) is 31.8 Å². The van der Waals surface area contributed by atoms with E-state index in [1.807, 2.05) is 0 Å². The van der Waals surface area contributed by atoms with Crippen LogP contribution in [0.4, 0.5) is 0 Å². The highest BCUT2D eigenvalue weighted by Crippen LogP contribution is 2.60. The number of ether oxygens (including phenoxy) is 1. The van der Waals surface area contributed by atoms with Crippen LogP contribution in [0.1, 0.15) is 52.4 Å². The van der Waals surface area contributed by atoms with Gasteiger partial charge in [0.1, 0.15) is 5.76 Å². The topological polar surface area (TPSA) is 46.6 Å². The number of carbonyl (C=O) groups is 2. The van der Waals surface area contributed by atoms with Crippen molar-refractivity contribution in [2.75, 3.05) is 6.54 Å². The van der Waals surface area contributed by atoms with Crippen molar-refractivity contribution < 1.29 is 14.3 Å². The number of allylic oxidation sites excluding steroid dienone is 1. The summed E-state index contributed by atoms with van der Waals surface area (Å²) < 4.78 is 5.65. The van der Waals surface area contributed by atoms with Gasteiger partial charge in [-0.1, -0.05) is 13.3 Å². The second-order valence-corrected chi connectivity index (χ2v) is 7.36. The zero-order valence-electron chi connectivity index (χ0n) is 12.9. The molecule has 2 bridgehead atoms. The molecule has 4 aliphatic rings. The third-order valence-electron chi connectivity index (χ3n) is 6.38. The van der Waals surface area contributed by atoms with Crippen molar-refractivity contribution in [2.24, 2.45) is 17.3 Å². The smallest absolute Gasteiger partial charge is 0.307 e. The number of nitrogens with zero attached hydrogens (tertiary/aromatic N) is 1. The van der Waals surface area contributed by atoms with Crippen molar-refractivity contribution in [3.05, 3.63) is 11.3 Å². The molecule has 0 aromatic heterocycles. The summed E-state index contributed by atoms with van der Waals surface area (Å²) in [5.41, 5.74) is 1.39. The predicted octanol–water partition coefficient (Wildman–Crippen LogP) is 2.63. The molecule has 2 aliphatic carbocycles. The van der Waals surface area contributed by atoms with E-state index in [1.54, 1.807) is 0 Å². The number of rotatable bonds is 1. The molecule has 0 N–H and O–H groups in total. The molecule has 2 saturated heterocycles. The first kappa shape index (κ1) is 13.4. The number of amides is 1. The van der Waals surface area contributed by atoms with Crippen LogP contribution in [0.3, 0.4) is 0 Å². The van der Waals surface area contributed by atoms with Gasteiger partial charge < -0.3 is 9.64 Å². The van der Waals surface area contributed by atoms with Gasteiger partial charge in [0.2, 0.25) is 5.91 Å². The SMILES string of the molecule is CC(=O)OC1=C2CCCC[C@@H]3CN4C(=O)C[C@@H]1C[C@@H]4[C@]23C. The van der Waals surface area contributed by atoms with E-state index in [9.17, 15) is 9.59 Å². The van der Waals surface area contributed by atoms with Crippen LogP contribution in [-0.4, -0.2) is 29.4 Å². The fourth-order valence-corrected chi connectivity index (χ4v) is 5.41. The molecule has 0 unspecified atom stereocenters. The number of esters is 1. The zero-order valence-corrected chi connectivity index (χ0v) is 12.9. The Labute approximate surface area is 125 Å². The lowest BCUT2D eigenvalue weighted by Gasteiger charge is -2.48.